The first kappa shape index (κ1) is 14.9. The van der Waals surface area contributed by atoms with Crippen LogP contribution in [0.2, 0.25) is 0 Å². The molecule has 0 spiro atoms. The van der Waals surface area contributed by atoms with E-state index in [-0.39, 0.29) is 19.0 Å². The summed E-state index contributed by atoms with van der Waals surface area (Å²) in [4.78, 5) is 0. The zero-order valence-corrected chi connectivity index (χ0v) is 13.9. The fraction of sp³-hybridized carbons (Fsp3) is 1.00. The van der Waals surface area contributed by atoms with E-state index in [1.54, 1.807) is 0 Å². The number of sulfone groups is 1. The van der Waals surface area contributed by atoms with Crippen LogP contribution in [-0.4, -0.2) is 27.4 Å². The summed E-state index contributed by atoms with van der Waals surface area (Å²) in [6.45, 7) is 0. The lowest BCUT2D eigenvalue weighted by molar-refractivity contribution is 0.593. The third-order valence-corrected chi connectivity index (χ3v) is 4.84. The maximum Gasteiger partial charge on any atom is 0.150 e. The lowest BCUT2D eigenvalue weighted by atomic mass is 10.6. The maximum absolute atomic E-state index is 11.4. The van der Waals surface area contributed by atoms with Crippen molar-refractivity contribution in [3.05, 3.63) is 0 Å². The van der Waals surface area contributed by atoms with Gasteiger partial charge in [0.25, 0.3) is 0 Å². The quantitative estimate of drug-likeness (QED) is 0.563. The van der Waals surface area contributed by atoms with Crippen LogP contribution in [0.4, 0.5) is 0 Å². The van der Waals surface area contributed by atoms with E-state index in [9.17, 15) is 8.42 Å². The second-order valence-corrected chi connectivity index (χ2v) is 11.7. The monoisotopic (exact) mass is 462 g/mol. The van der Waals surface area contributed by atoms with Crippen molar-refractivity contribution in [2.75, 3.05) is 11.5 Å². The average Bonchev–Trinajstić information content (AvgIpc) is 1.98. The van der Waals surface area contributed by atoms with Crippen molar-refractivity contribution < 1.29 is 8.42 Å². The molecule has 0 aliphatic carbocycles. The molecule has 0 unspecified atom stereocenters. The lowest BCUT2D eigenvalue weighted by Gasteiger charge is -2.05. The van der Waals surface area contributed by atoms with E-state index in [4.69, 9.17) is 0 Å². The fourth-order valence-corrected chi connectivity index (χ4v) is 4.16. The van der Waals surface area contributed by atoms with Gasteiger partial charge in [0, 0.05) is 0 Å². The van der Waals surface area contributed by atoms with E-state index in [1.807, 2.05) is 0 Å². The van der Waals surface area contributed by atoms with Crippen molar-refractivity contribution in [3.63, 3.8) is 0 Å². The number of alkyl halides is 4. The Balaban J connectivity index is 3.81. The molecular weight excluding hydrogens is 456 g/mol. The van der Waals surface area contributed by atoms with Crippen LogP contribution in [-0.2, 0) is 9.84 Å². The minimum absolute atomic E-state index is 0.0820. The summed E-state index contributed by atoms with van der Waals surface area (Å²) in [6, 6.07) is 0. The van der Waals surface area contributed by atoms with Crippen LogP contribution >= 0.6 is 63.7 Å². The topological polar surface area (TPSA) is 34.1 Å². The van der Waals surface area contributed by atoms with Gasteiger partial charge in [-0.15, -0.1) is 0 Å². The molecule has 0 saturated carbocycles. The van der Waals surface area contributed by atoms with E-state index in [2.05, 4.69) is 63.7 Å². The average molecular weight is 466 g/mol. The Morgan fingerprint density at radius 1 is 0.846 bits per heavy atom. The van der Waals surface area contributed by atoms with Gasteiger partial charge in [-0.3, -0.25) is 0 Å². The molecule has 0 aromatic rings. The third kappa shape index (κ3) is 10.2. The highest BCUT2D eigenvalue weighted by atomic mass is 79.9. The minimum atomic E-state index is -2.89. The molecule has 0 saturated heterocycles. The third-order valence-electron chi connectivity index (χ3n) is 1.29. The minimum Gasteiger partial charge on any atom is -0.229 e. The van der Waals surface area contributed by atoms with Crippen LogP contribution < -0.4 is 0 Å². The number of hydrogen-bond acceptors (Lipinski definition) is 2. The number of halogens is 4. The molecule has 0 aromatic heterocycles. The van der Waals surface area contributed by atoms with Gasteiger partial charge in [0.1, 0.15) is 9.84 Å². The van der Waals surface area contributed by atoms with Crippen LogP contribution in [0.25, 0.3) is 0 Å². The van der Waals surface area contributed by atoms with E-state index < -0.39 is 9.84 Å². The van der Waals surface area contributed by atoms with Gasteiger partial charge in [-0.05, 0) is 12.8 Å². The fourth-order valence-electron chi connectivity index (χ4n) is 0.639. The summed E-state index contributed by atoms with van der Waals surface area (Å²) < 4.78 is 22.9. The molecule has 0 N–H and O–H groups in total. The molecule has 80 valence electrons. The number of rotatable bonds is 6. The smallest absolute Gasteiger partial charge is 0.150 e. The van der Waals surface area contributed by atoms with Gasteiger partial charge in [0.05, 0.1) is 19.0 Å². The Hall–Kier alpha value is 1.87. The molecule has 0 radical (unpaired) electrons. The Kier molecular flexibility index (Phi) is 8.23. The standard InChI is InChI=1S/C6H10Br4O2S/c7-5(8)1-3-13(11,12)4-2-6(9)10/h5-6H,1-4H2. The lowest BCUT2D eigenvalue weighted by Crippen LogP contribution is -2.14. The molecule has 0 bridgehead atoms. The molecule has 0 rings (SSSR count). The molecule has 13 heavy (non-hydrogen) atoms. The molecule has 0 heterocycles. The predicted octanol–water partition coefficient (Wildman–Crippen LogP) is 3.41. The normalized spacial score (nSPS) is 12.8. The second kappa shape index (κ2) is 7.19. The first-order valence-corrected chi connectivity index (χ1v) is 9.08. The van der Waals surface area contributed by atoms with Gasteiger partial charge in [0.15, 0.2) is 0 Å². The van der Waals surface area contributed by atoms with Gasteiger partial charge in [-0.1, -0.05) is 63.7 Å². The second-order valence-electron chi connectivity index (χ2n) is 2.51. The molecule has 0 atom stereocenters. The first-order chi connectivity index (χ1) is 5.83. The molecule has 0 fully saturated rings. The first-order valence-electron chi connectivity index (χ1n) is 3.60. The van der Waals surface area contributed by atoms with Crippen molar-refractivity contribution in [2.24, 2.45) is 0 Å². The summed E-state index contributed by atoms with van der Waals surface area (Å²) >= 11 is 13.0. The highest BCUT2D eigenvalue weighted by Gasteiger charge is 2.13. The molecule has 0 aliphatic rings. The van der Waals surface area contributed by atoms with E-state index in [0.29, 0.717) is 12.8 Å². The summed E-state index contributed by atoms with van der Waals surface area (Å²) in [6.07, 6.45) is 1.19. The zero-order chi connectivity index (χ0) is 10.5. The Labute approximate surface area is 113 Å². The molecule has 2 nitrogen and oxygen atoms in total. The number of hydrogen-bond donors (Lipinski definition) is 0. The van der Waals surface area contributed by atoms with Crippen molar-refractivity contribution in [3.8, 4) is 0 Å². The highest BCUT2D eigenvalue weighted by Crippen LogP contribution is 2.17. The van der Waals surface area contributed by atoms with Crippen LogP contribution in [0.15, 0.2) is 0 Å². The molecule has 0 amide bonds. The molecule has 0 aromatic carbocycles. The van der Waals surface area contributed by atoms with Gasteiger partial charge in [0.2, 0.25) is 0 Å². The largest absolute Gasteiger partial charge is 0.229 e. The van der Waals surface area contributed by atoms with Crippen LogP contribution in [0.3, 0.4) is 0 Å². The molecule has 0 aliphatic heterocycles. The van der Waals surface area contributed by atoms with Gasteiger partial charge in [-0.2, -0.15) is 0 Å². The van der Waals surface area contributed by atoms with E-state index >= 15 is 0 Å². The van der Waals surface area contributed by atoms with Gasteiger partial charge >= 0.3 is 0 Å². The van der Waals surface area contributed by atoms with Crippen molar-refractivity contribution in [1.82, 2.24) is 0 Å². The van der Waals surface area contributed by atoms with Crippen LogP contribution in [0, 0.1) is 0 Å². The maximum atomic E-state index is 11.4. The van der Waals surface area contributed by atoms with Gasteiger partial charge in [-0.25, -0.2) is 8.42 Å². The van der Waals surface area contributed by atoms with E-state index in [1.165, 1.54) is 0 Å². The van der Waals surface area contributed by atoms with Crippen molar-refractivity contribution in [2.45, 2.75) is 20.3 Å². The summed E-state index contributed by atoms with van der Waals surface area (Å²) in [5, 5.41) is 0. The Morgan fingerprint density at radius 2 is 1.15 bits per heavy atom. The molecule has 7 heteroatoms. The SMILES string of the molecule is O=S(=O)(CCC(Br)Br)CCC(Br)Br. The zero-order valence-electron chi connectivity index (χ0n) is 6.72. The highest BCUT2D eigenvalue weighted by molar-refractivity contribution is 9.25. The predicted molar refractivity (Wildman–Crippen MR) is 71.2 cm³/mol. The summed E-state index contributed by atoms with van der Waals surface area (Å²) in [7, 11) is -2.89. The van der Waals surface area contributed by atoms with Crippen molar-refractivity contribution in [1.29, 1.82) is 0 Å². The summed E-state index contributed by atoms with van der Waals surface area (Å²) in [5.41, 5.74) is 0. The van der Waals surface area contributed by atoms with Crippen LogP contribution in [0.5, 0.6) is 0 Å². The van der Waals surface area contributed by atoms with Crippen molar-refractivity contribution >= 4 is 73.6 Å². The van der Waals surface area contributed by atoms with E-state index in [0.717, 1.165) is 0 Å². The molecular formula is C6H10Br4O2S. The summed E-state index contributed by atoms with van der Waals surface area (Å²) in [5.74, 6) is 0.446. The Bertz CT molecular complexity index is 207. The Morgan fingerprint density at radius 3 is 1.38 bits per heavy atom. The van der Waals surface area contributed by atoms with Gasteiger partial charge < -0.3 is 0 Å². The van der Waals surface area contributed by atoms with Crippen LogP contribution in [0.1, 0.15) is 12.8 Å².